The van der Waals surface area contributed by atoms with Crippen LogP contribution in [0.3, 0.4) is 0 Å². The van der Waals surface area contributed by atoms with Gasteiger partial charge in [0.2, 0.25) is 0 Å². The van der Waals surface area contributed by atoms with E-state index < -0.39 is 5.97 Å². The van der Waals surface area contributed by atoms with Gasteiger partial charge in [-0.2, -0.15) is 0 Å². The Bertz CT molecular complexity index is 896. The van der Waals surface area contributed by atoms with Gasteiger partial charge in [-0.3, -0.25) is 0 Å². The molecule has 0 bridgehead atoms. The van der Waals surface area contributed by atoms with Crippen molar-refractivity contribution in [2.24, 2.45) is 0 Å². The summed E-state index contributed by atoms with van der Waals surface area (Å²) in [6.07, 6.45) is 4.06. The number of rotatable bonds is 7. The molecule has 0 aromatic heterocycles. The van der Waals surface area contributed by atoms with Crippen LogP contribution in [0.2, 0.25) is 0 Å². The molecule has 0 aliphatic carbocycles. The second-order valence-electron chi connectivity index (χ2n) is 6.03. The minimum atomic E-state index is -0.423. The van der Waals surface area contributed by atoms with Crippen LogP contribution < -0.4 is 9.47 Å². The number of benzene rings is 3. The van der Waals surface area contributed by atoms with Gasteiger partial charge in [-0.25, -0.2) is 4.79 Å². The van der Waals surface area contributed by atoms with Crippen LogP contribution in [0.15, 0.2) is 84.9 Å². The average molecular weight is 358 g/mol. The molecule has 0 amide bonds. The summed E-state index contributed by atoms with van der Waals surface area (Å²) in [5.41, 5.74) is 3.05. The summed E-state index contributed by atoms with van der Waals surface area (Å²) >= 11 is 0. The molecule has 0 radical (unpaired) electrons. The average Bonchev–Trinajstić information content (AvgIpc) is 2.72. The van der Waals surface area contributed by atoms with Gasteiger partial charge in [-0.1, -0.05) is 67.6 Å². The Labute approximate surface area is 159 Å². The number of hydrogen-bond acceptors (Lipinski definition) is 3. The lowest BCUT2D eigenvalue weighted by atomic mass is 10.1. The third-order valence-electron chi connectivity index (χ3n) is 3.96. The van der Waals surface area contributed by atoms with Crippen LogP contribution in [0.25, 0.3) is 17.2 Å². The molecule has 3 aromatic carbocycles. The number of ether oxygens (including phenoxy) is 2. The van der Waals surface area contributed by atoms with E-state index in [0.717, 1.165) is 28.9 Å². The molecule has 136 valence electrons. The zero-order valence-corrected chi connectivity index (χ0v) is 15.3. The summed E-state index contributed by atoms with van der Waals surface area (Å²) < 4.78 is 11.1. The fraction of sp³-hybridized carbons (Fsp3) is 0.125. The van der Waals surface area contributed by atoms with E-state index in [9.17, 15) is 4.79 Å². The van der Waals surface area contributed by atoms with Crippen molar-refractivity contribution < 1.29 is 14.3 Å². The maximum absolute atomic E-state index is 12.1. The molecule has 0 unspecified atom stereocenters. The van der Waals surface area contributed by atoms with E-state index in [0.29, 0.717) is 12.4 Å². The monoisotopic (exact) mass is 358 g/mol. The highest BCUT2D eigenvalue weighted by Crippen LogP contribution is 2.23. The first-order chi connectivity index (χ1) is 13.3. The van der Waals surface area contributed by atoms with Gasteiger partial charge in [0.1, 0.15) is 11.5 Å². The van der Waals surface area contributed by atoms with Crippen molar-refractivity contribution in [2.45, 2.75) is 13.3 Å². The molecular weight excluding hydrogens is 336 g/mol. The van der Waals surface area contributed by atoms with E-state index in [1.807, 2.05) is 66.7 Å². The molecule has 0 saturated carbocycles. The van der Waals surface area contributed by atoms with Gasteiger partial charge >= 0.3 is 5.97 Å². The van der Waals surface area contributed by atoms with Crippen LogP contribution in [0.5, 0.6) is 11.5 Å². The Balaban J connectivity index is 1.63. The lowest BCUT2D eigenvalue weighted by molar-refractivity contribution is -0.128. The van der Waals surface area contributed by atoms with E-state index in [-0.39, 0.29) is 0 Å². The second-order valence-corrected chi connectivity index (χ2v) is 6.03. The van der Waals surface area contributed by atoms with Crippen molar-refractivity contribution in [2.75, 3.05) is 6.61 Å². The quantitative estimate of drug-likeness (QED) is 0.306. The van der Waals surface area contributed by atoms with Gasteiger partial charge < -0.3 is 9.47 Å². The minimum Gasteiger partial charge on any atom is -0.493 e. The van der Waals surface area contributed by atoms with Crippen LogP contribution in [0.1, 0.15) is 18.9 Å². The molecule has 3 heteroatoms. The Hall–Kier alpha value is -3.33. The highest BCUT2D eigenvalue weighted by atomic mass is 16.5. The first kappa shape index (κ1) is 18.5. The fourth-order valence-electron chi connectivity index (χ4n) is 2.62. The maximum Gasteiger partial charge on any atom is 0.336 e. The number of esters is 1. The molecule has 27 heavy (non-hydrogen) atoms. The summed E-state index contributed by atoms with van der Waals surface area (Å²) in [6.45, 7) is 2.70. The second kappa shape index (κ2) is 9.39. The zero-order valence-electron chi connectivity index (χ0n) is 15.3. The molecule has 0 aliphatic heterocycles. The van der Waals surface area contributed by atoms with Crippen molar-refractivity contribution in [3.63, 3.8) is 0 Å². The number of hydrogen-bond donors (Lipinski definition) is 0. The molecule has 0 fully saturated rings. The van der Waals surface area contributed by atoms with Gasteiger partial charge in [0.15, 0.2) is 0 Å². The number of carbonyl (C=O) groups is 1. The number of para-hydroxylation sites is 1. The molecule has 0 heterocycles. The van der Waals surface area contributed by atoms with Crippen LogP contribution >= 0.6 is 0 Å². The first-order valence-corrected chi connectivity index (χ1v) is 9.03. The third-order valence-corrected chi connectivity index (χ3v) is 3.96. The summed E-state index contributed by atoms with van der Waals surface area (Å²) in [5.74, 6) is 0.850. The summed E-state index contributed by atoms with van der Waals surface area (Å²) in [4.78, 5) is 12.1. The van der Waals surface area contributed by atoms with E-state index in [1.165, 1.54) is 6.08 Å². The first-order valence-electron chi connectivity index (χ1n) is 9.03. The highest BCUT2D eigenvalue weighted by molar-refractivity contribution is 5.89. The van der Waals surface area contributed by atoms with Crippen LogP contribution in [-0.2, 0) is 4.79 Å². The lowest BCUT2D eigenvalue weighted by Gasteiger charge is -2.07. The summed E-state index contributed by atoms with van der Waals surface area (Å²) in [5, 5.41) is 0. The van der Waals surface area contributed by atoms with Crippen molar-refractivity contribution in [1.82, 2.24) is 0 Å². The van der Waals surface area contributed by atoms with Crippen LogP contribution in [-0.4, -0.2) is 12.6 Å². The largest absolute Gasteiger partial charge is 0.493 e. The fourth-order valence-corrected chi connectivity index (χ4v) is 2.62. The molecule has 0 aliphatic rings. The van der Waals surface area contributed by atoms with E-state index >= 15 is 0 Å². The molecule has 0 N–H and O–H groups in total. The van der Waals surface area contributed by atoms with Crippen molar-refractivity contribution in [3.05, 3.63) is 90.5 Å². The molecule has 3 aromatic rings. The smallest absolute Gasteiger partial charge is 0.336 e. The Morgan fingerprint density at radius 1 is 0.852 bits per heavy atom. The predicted octanol–water partition coefficient (Wildman–Crippen LogP) is 5.76. The molecule has 3 rings (SSSR count). The van der Waals surface area contributed by atoms with Crippen LogP contribution in [0.4, 0.5) is 0 Å². The number of carbonyl (C=O) groups excluding carboxylic acids is 1. The zero-order chi connectivity index (χ0) is 18.9. The molecular formula is C24H22O3. The maximum atomic E-state index is 12.1. The van der Waals surface area contributed by atoms with E-state index in [4.69, 9.17) is 9.47 Å². The van der Waals surface area contributed by atoms with Crippen molar-refractivity contribution in [3.8, 4) is 22.6 Å². The Kier molecular flexibility index (Phi) is 6.42. The predicted molar refractivity (Wildman–Crippen MR) is 109 cm³/mol. The normalized spacial score (nSPS) is 10.7. The molecule has 0 atom stereocenters. The molecule has 0 spiro atoms. The third kappa shape index (κ3) is 5.32. The van der Waals surface area contributed by atoms with Gasteiger partial charge in [-0.05, 0) is 41.8 Å². The lowest BCUT2D eigenvalue weighted by Crippen LogP contribution is -2.03. The van der Waals surface area contributed by atoms with Gasteiger partial charge in [0.05, 0.1) is 6.61 Å². The standard InChI is InChI=1S/C24H22O3/c1-2-18-26-23-11-7-6-10-21(23)14-17-24(25)27-22-15-12-20(13-16-22)19-8-4-3-5-9-19/h3-17H,2,18H2,1H3/b17-14+. The van der Waals surface area contributed by atoms with Crippen molar-refractivity contribution >= 4 is 12.0 Å². The molecule has 3 nitrogen and oxygen atoms in total. The summed E-state index contributed by atoms with van der Waals surface area (Å²) in [7, 11) is 0. The topological polar surface area (TPSA) is 35.5 Å². The Morgan fingerprint density at radius 3 is 2.26 bits per heavy atom. The van der Waals surface area contributed by atoms with Crippen molar-refractivity contribution in [1.29, 1.82) is 0 Å². The Morgan fingerprint density at radius 2 is 1.52 bits per heavy atom. The highest BCUT2D eigenvalue weighted by Gasteiger charge is 2.04. The summed E-state index contributed by atoms with van der Waals surface area (Å²) in [6, 6.07) is 25.2. The molecule has 0 saturated heterocycles. The van der Waals surface area contributed by atoms with Gasteiger partial charge in [-0.15, -0.1) is 0 Å². The van der Waals surface area contributed by atoms with E-state index in [1.54, 1.807) is 18.2 Å². The van der Waals surface area contributed by atoms with Gasteiger partial charge in [0.25, 0.3) is 0 Å². The van der Waals surface area contributed by atoms with Gasteiger partial charge in [0, 0.05) is 11.6 Å². The SMILES string of the molecule is CCCOc1ccccc1/C=C/C(=O)Oc1ccc(-c2ccccc2)cc1. The van der Waals surface area contributed by atoms with E-state index in [2.05, 4.69) is 6.92 Å². The van der Waals surface area contributed by atoms with Crippen LogP contribution in [0, 0.1) is 0 Å². The minimum absolute atomic E-state index is 0.423.